The van der Waals surface area contributed by atoms with E-state index in [2.05, 4.69) is 5.32 Å². The molecule has 1 aliphatic heterocycles. The molecular weight excluding hydrogens is 268 g/mol. The Bertz CT molecular complexity index is 467. The fourth-order valence-electron chi connectivity index (χ4n) is 1.97. The molecule has 0 bridgehead atoms. The van der Waals surface area contributed by atoms with Crippen LogP contribution in [0.25, 0.3) is 0 Å². The van der Waals surface area contributed by atoms with Crippen molar-refractivity contribution in [3.8, 4) is 5.75 Å². The highest BCUT2D eigenvalue weighted by atomic mass is 35.5. The molecule has 2 rings (SSSR count). The molecule has 3 N–H and O–H groups in total. The van der Waals surface area contributed by atoms with Gasteiger partial charge in [0.25, 0.3) is 5.91 Å². The minimum atomic E-state index is -0.562. The van der Waals surface area contributed by atoms with E-state index in [1.807, 2.05) is 6.92 Å². The summed E-state index contributed by atoms with van der Waals surface area (Å²) in [7, 11) is 0. The lowest BCUT2D eigenvalue weighted by Gasteiger charge is -2.28. The number of halogens is 1. The van der Waals surface area contributed by atoms with Gasteiger partial charge in [-0.1, -0.05) is 11.6 Å². The predicted molar refractivity (Wildman–Crippen MR) is 72.7 cm³/mol. The third-order valence-electron chi connectivity index (χ3n) is 2.86. The first-order valence-corrected chi connectivity index (χ1v) is 6.52. The summed E-state index contributed by atoms with van der Waals surface area (Å²) in [5.41, 5.74) is 5.57. The zero-order valence-corrected chi connectivity index (χ0v) is 11.4. The van der Waals surface area contributed by atoms with Crippen molar-refractivity contribution < 1.29 is 14.3 Å². The summed E-state index contributed by atoms with van der Waals surface area (Å²) in [6.45, 7) is 3.92. The average Bonchev–Trinajstić information content (AvgIpc) is 2.37. The molecule has 2 unspecified atom stereocenters. The number of carbonyl (C=O) groups excluding carboxylic acids is 1. The number of amides is 1. The Balaban J connectivity index is 2.01. The molecule has 104 valence electrons. The number of hydrogen-bond acceptors (Lipinski definition) is 4. The van der Waals surface area contributed by atoms with Crippen LogP contribution < -0.4 is 15.8 Å². The van der Waals surface area contributed by atoms with Crippen molar-refractivity contribution in [1.82, 2.24) is 5.32 Å². The van der Waals surface area contributed by atoms with E-state index in [-0.39, 0.29) is 17.8 Å². The van der Waals surface area contributed by atoms with Crippen molar-refractivity contribution >= 4 is 17.5 Å². The van der Waals surface area contributed by atoms with Gasteiger partial charge in [-0.2, -0.15) is 0 Å². The molecule has 1 saturated heterocycles. The van der Waals surface area contributed by atoms with Crippen LogP contribution in [-0.4, -0.2) is 37.8 Å². The van der Waals surface area contributed by atoms with Crippen molar-refractivity contribution in [2.75, 3.05) is 19.7 Å². The first-order valence-electron chi connectivity index (χ1n) is 6.14. The lowest BCUT2D eigenvalue weighted by molar-refractivity contribution is -0.0471. The van der Waals surface area contributed by atoms with Gasteiger partial charge in [0.15, 0.2) is 0 Å². The highest BCUT2D eigenvalue weighted by Gasteiger charge is 2.20. The summed E-state index contributed by atoms with van der Waals surface area (Å²) in [5.74, 6) is -0.132. The van der Waals surface area contributed by atoms with Gasteiger partial charge < -0.3 is 20.5 Å². The number of primary amides is 1. The first-order chi connectivity index (χ1) is 9.06. The van der Waals surface area contributed by atoms with Crippen LogP contribution in [-0.2, 0) is 4.74 Å². The van der Waals surface area contributed by atoms with E-state index in [4.69, 9.17) is 26.8 Å². The SMILES string of the molecule is CC1CNCC(COc2ccc(Cl)cc2C(N)=O)O1. The number of ether oxygens (including phenoxy) is 2. The number of nitrogens with two attached hydrogens (primary N) is 1. The number of benzene rings is 1. The van der Waals surface area contributed by atoms with Gasteiger partial charge >= 0.3 is 0 Å². The number of carbonyl (C=O) groups is 1. The maximum absolute atomic E-state index is 11.3. The second-order valence-electron chi connectivity index (χ2n) is 4.54. The van der Waals surface area contributed by atoms with Crippen molar-refractivity contribution in [2.24, 2.45) is 5.73 Å². The van der Waals surface area contributed by atoms with E-state index in [1.54, 1.807) is 12.1 Å². The van der Waals surface area contributed by atoms with Gasteiger partial charge in [-0.05, 0) is 25.1 Å². The second kappa shape index (κ2) is 6.23. The third-order valence-corrected chi connectivity index (χ3v) is 3.10. The van der Waals surface area contributed by atoms with Gasteiger partial charge in [0, 0.05) is 18.1 Å². The van der Waals surface area contributed by atoms with E-state index >= 15 is 0 Å². The van der Waals surface area contributed by atoms with Crippen molar-refractivity contribution in [3.05, 3.63) is 28.8 Å². The summed E-state index contributed by atoms with van der Waals surface area (Å²) in [4.78, 5) is 11.3. The molecule has 0 radical (unpaired) electrons. The number of morpholine rings is 1. The summed E-state index contributed by atoms with van der Waals surface area (Å²) in [6.07, 6.45) is 0.114. The fourth-order valence-corrected chi connectivity index (χ4v) is 2.15. The molecular formula is C13H17ClN2O3. The van der Waals surface area contributed by atoms with E-state index in [0.29, 0.717) is 17.4 Å². The Morgan fingerprint density at radius 1 is 1.58 bits per heavy atom. The Hall–Kier alpha value is -1.30. The molecule has 0 aromatic heterocycles. The molecule has 19 heavy (non-hydrogen) atoms. The Morgan fingerprint density at radius 2 is 2.37 bits per heavy atom. The molecule has 0 spiro atoms. The molecule has 1 fully saturated rings. The predicted octanol–water partition coefficient (Wildman–Crippen LogP) is 1.19. The number of hydrogen-bond donors (Lipinski definition) is 2. The Morgan fingerprint density at radius 3 is 3.05 bits per heavy atom. The molecule has 1 amide bonds. The molecule has 0 aliphatic carbocycles. The third kappa shape index (κ3) is 3.83. The number of rotatable bonds is 4. The van der Waals surface area contributed by atoms with Crippen LogP contribution in [0.15, 0.2) is 18.2 Å². The van der Waals surface area contributed by atoms with Gasteiger partial charge in [-0.25, -0.2) is 0 Å². The molecule has 0 saturated carbocycles. The van der Waals surface area contributed by atoms with E-state index in [9.17, 15) is 4.79 Å². The minimum absolute atomic E-state index is 0.0415. The van der Waals surface area contributed by atoms with Crippen LogP contribution in [0.5, 0.6) is 5.75 Å². The standard InChI is InChI=1S/C13H17ClN2O3/c1-8-5-16-6-10(19-8)7-18-12-3-2-9(14)4-11(12)13(15)17/h2-4,8,10,16H,5-7H2,1H3,(H2,15,17). The fraction of sp³-hybridized carbons (Fsp3) is 0.462. The maximum Gasteiger partial charge on any atom is 0.252 e. The van der Waals surface area contributed by atoms with Gasteiger partial charge in [0.2, 0.25) is 0 Å². The van der Waals surface area contributed by atoms with E-state index in [1.165, 1.54) is 6.07 Å². The van der Waals surface area contributed by atoms with Gasteiger partial charge in [0.1, 0.15) is 18.5 Å². The largest absolute Gasteiger partial charge is 0.490 e. The average molecular weight is 285 g/mol. The Labute approximate surface area is 117 Å². The zero-order valence-electron chi connectivity index (χ0n) is 10.7. The second-order valence-corrected chi connectivity index (χ2v) is 4.98. The van der Waals surface area contributed by atoms with Crippen LogP contribution in [0.2, 0.25) is 5.02 Å². The van der Waals surface area contributed by atoms with Gasteiger partial charge in [0.05, 0.1) is 11.7 Å². The summed E-state index contributed by atoms with van der Waals surface area (Å²) >= 11 is 5.83. The quantitative estimate of drug-likeness (QED) is 0.871. The normalized spacial score (nSPS) is 23.1. The first kappa shape index (κ1) is 14.1. The highest BCUT2D eigenvalue weighted by molar-refractivity contribution is 6.31. The highest BCUT2D eigenvalue weighted by Crippen LogP contribution is 2.23. The zero-order chi connectivity index (χ0) is 13.8. The van der Waals surface area contributed by atoms with Gasteiger partial charge in [-0.15, -0.1) is 0 Å². The monoisotopic (exact) mass is 284 g/mol. The molecule has 2 atom stereocenters. The van der Waals surface area contributed by atoms with Crippen LogP contribution in [0.4, 0.5) is 0 Å². The summed E-state index contributed by atoms with van der Waals surface area (Å²) in [5, 5.41) is 3.70. The lowest BCUT2D eigenvalue weighted by Crippen LogP contribution is -2.45. The topological polar surface area (TPSA) is 73.6 Å². The van der Waals surface area contributed by atoms with E-state index in [0.717, 1.165) is 13.1 Å². The summed E-state index contributed by atoms with van der Waals surface area (Å²) < 4.78 is 11.3. The van der Waals surface area contributed by atoms with Crippen LogP contribution in [0.3, 0.4) is 0 Å². The molecule has 1 heterocycles. The molecule has 1 aromatic carbocycles. The maximum atomic E-state index is 11.3. The van der Waals surface area contributed by atoms with Gasteiger partial charge in [-0.3, -0.25) is 4.79 Å². The molecule has 1 aromatic rings. The summed E-state index contributed by atoms with van der Waals surface area (Å²) in [6, 6.07) is 4.80. The van der Waals surface area contributed by atoms with E-state index < -0.39 is 5.91 Å². The molecule has 5 nitrogen and oxygen atoms in total. The smallest absolute Gasteiger partial charge is 0.252 e. The molecule has 6 heteroatoms. The number of nitrogens with one attached hydrogen (secondary N) is 1. The van der Waals surface area contributed by atoms with Crippen LogP contribution in [0, 0.1) is 0 Å². The Kier molecular flexibility index (Phi) is 4.63. The van der Waals surface area contributed by atoms with Crippen LogP contribution in [0.1, 0.15) is 17.3 Å². The van der Waals surface area contributed by atoms with Crippen molar-refractivity contribution in [1.29, 1.82) is 0 Å². The minimum Gasteiger partial charge on any atom is -0.490 e. The lowest BCUT2D eigenvalue weighted by atomic mass is 10.2. The van der Waals surface area contributed by atoms with Crippen molar-refractivity contribution in [2.45, 2.75) is 19.1 Å². The van der Waals surface area contributed by atoms with Crippen molar-refractivity contribution in [3.63, 3.8) is 0 Å². The van der Waals surface area contributed by atoms with Crippen LogP contribution >= 0.6 is 11.6 Å². The molecule has 1 aliphatic rings.